The van der Waals surface area contributed by atoms with Crippen molar-refractivity contribution in [3.63, 3.8) is 0 Å². The molecule has 0 unspecified atom stereocenters. The van der Waals surface area contributed by atoms with E-state index in [1.54, 1.807) is 26.3 Å². The fraction of sp³-hybridized carbons (Fsp3) is 0.471. The zero-order valence-electron chi connectivity index (χ0n) is 15.2. The van der Waals surface area contributed by atoms with Gasteiger partial charge in [-0.3, -0.25) is 4.79 Å². The Kier molecular flexibility index (Phi) is 8.98. The molecule has 0 spiro atoms. The Morgan fingerprint density at radius 3 is 2.70 bits per heavy atom. The van der Waals surface area contributed by atoms with Gasteiger partial charge in [-0.05, 0) is 25.0 Å². The summed E-state index contributed by atoms with van der Waals surface area (Å²) >= 11 is 0. The maximum Gasteiger partial charge on any atom is 0.286 e. The SMILES string of the molecule is CNC(=O)c1ccc(CNc2cc(C3CC(N)C3)nc(COC)n2)o1.Cl.Cl. The Balaban J connectivity index is 0.00000182. The first kappa shape index (κ1) is 23.2. The van der Waals surface area contributed by atoms with Crippen LogP contribution in [0.5, 0.6) is 0 Å². The van der Waals surface area contributed by atoms with Crippen molar-refractivity contribution in [2.75, 3.05) is 19.5 Å². The summed E-state index contributed by atoms with van der Waals surface area (Å²) in [5, 5.41) is 5.75. The fourth-order valence-electron chi connectivity index (χ4n) is 2.81. The zero-order valence-corrected chi connectivity index (χ0v) is 16.9. The highest BCUT2D eigenvalue weighted by Crippen LogP contribution is 2.35. The molecule has 0 bridgehead atoms. The van der Waals surface area contributed by atoms with Gasteiger partial charge < -0.3 is 25.5 Å². The third-order valence-corrected chi connectivity index (χ3v) is 4.21. The number of furan rings is 1. The Morgan fingerprint density at radius 2 is 2.07 bits per heavy atom. The molecule has 0 radical (unpaired) electrons. The first-order chi connectivity index (χ1) is 12.1. The Hall–Kier alpha value is -1.87. The molecule has 1 aliphatic carbocycles. The maximum atomic E-state index is 11.5. The highest BCUT2D eigenvalue weighted by Gasteiger charge is 2.29. The van der Waals surface area contributed by atoms with Gasteiger partial charge in [0.15, 0.2) is 11.6 Å². The lowest BCUT2D eigenvalue weighted by Crippen LogP contribution is -2.35. The highest BCUT2D eigenvalue weighted by molar-refractivity contribution is 5.91. The van der Waals surface area contributed by atoms with Gasteiger partial charge in [-0.2, -0.15) is 0 Å². The van der Waals surface area contributed by atoms with Crippen molar-refractivity contribution in [3.05, 3.63) is 41.2 Å². The van der Waals surface area contributed by atoms with E-state index >= 15 is 0 Å². The van der Waals surface area contributed by atoms with E-state index in [-0.39, 0.29) is 42.5 Å². The van der Waals surface area contributed by atoms with Gasteiger partial charge in [0, 0.05) is 37.9 Å². The number of nitrogens with zero attached hydrogens (tertiary/aromatic N) is 2. The number of ether oxygens (including phenoxy) is 1. The van der Waals surface area contributed by atoms with Gasteiger partial charge in [0.1, 0.15) is 18.2 Å². The Bertz CT molecular complexity index is 750. The van der Waals surface area contributed by atoms with Crippen molar-refractivity contribution in [1.29, 1.82) is 0 Å². The summed E-state index contributed by atoms with van der Waals surface area (Å²) in [5.74, 6) is 2.39. The molecule has 2 aromatic heterocycles. The number of rotatable bonds is 7. The van der Waals surface area contributed by atoms with E-state index in [2.05, 4.69) is 20.6 Å². The number of nitrogens with two attached hydrogens (primary N) is 1. The van der Waals surface area contributed by atoms with Crippen molar-refractivity contribution < 1.29 is 13.9 Å². The molecule has 150 valence electrons. The molecule has 1 aliphatic rings. The van der Waals surface area contributed by atoms with Crippen molar-refractivity contribution in [2.24, 2.45) is 5.73 Å². The molecule has 1 fully saturated rings. The molecule has 27 heavy (non-hydrogen) atoms. The van der Waals surface area contributed by atoms with Crippen LogP contribution in [-0.2, 0) is 17.9 Å². The van der Waals surface area contributed by atoms with Gasteiger partial charge in [-0.25, -0.2) is 9.97 Å². The topological polar surface area (TPSA) is 115 Å². The minimum absolute atomic E-state index is 0. The molecule has 2 heterocycles. The molecule has 0 aromatic carbocycles. The predicted octanol–water partition coefficient (Wildman–Crippen LogP) is 2.24. The number of hydrogen-bond donors (Lipinski definition) is 3. The van der Waals surface area contributed by atoms with Gasteiger partial charge >= 0.3 is 0 Å². The van der Waals surface area contributed by atoms with Crippen molar-refractivity contribution in [2.45, 2.75) is 38.0 Å². The second kappa shape index (κ2) is 10.5. The van der Waals surface area contributed by atoms with Crippen LogP contribution in [0.15, 0.2) is 22.6 Å². The van der Waals surface area contributed by atoms with E-state index in [1.807, 2.05) is 6.07 Å². The van der Waals surface area contributed by atoms with Crippen LogP contribution in [0, 0.1) is 0 Å². The Labute approximate surface area is 170 Å². The molecule has 4 N–H and O–H groups in total. The quantitative estimate of drug-likeness (QED) is 0.632. The summed E-state index contributed by atoms with van der Waals surface area (Å²) in [4.78, 5) is 20.6. The van der Waals surface area contributed by atoms with Gasteiger partial charge in [0.25, 0.3) is 5.91 Å². The first-order valence-electron chi connectivity index (χ1n) is 8.26. The second-order valence-electron chi connectivity index (χ2n) is 6.15. The number of carbonyl (C=O) groups excluding carboxylic acids is 1. The summed E-state index contributed by atoms with van der Waals surface area (Å²) in [6.07, 6.45) is 1.88. The molecule has 10 heteroatoms. The van der Waals surface area contributed by atoms with Gasteiger partial charge in [-0.15, -0.1) is 24.8 Å². The Morgan fingerprint density at radius 1 is 1.33 bits per heavy atom. The largest absolute Gasteiger partial charge is 0.454 e. The molecular formula is C17H25Cl2N5O3. The van der Waals surface area contributed by atoms with Crippen LogP contribution in [0.4, 0.5) is 5.82 Å². The number of aromatic nitrogens is 2. The number of amides is 1. The number of nitrogens with one attached hydrogen (secondary N) is 2. The molecule has 3 rings (SSSR count). The molecule has 0 aliphatic heterocycles. The summed E-state index contributed by atoms with van der Waals surface area (Å²) < 4.78 is 10.7. The van der Waals surface area contributed by atoms with E-state index in [0.717, 1.165) is 18.5 Å². The number of methoxy groups -OCH3 is 1. The number of hydrogen-bond acceptors (Lipinski definition) is 7. The van der Waals surface area contributed by atoms with E-state index in [9.17, 15) is 4.79 Å². The first-order valence-corrected chi connectivity index (χ1v) is 8.26. The second-order valence-corrected chi connectivity index (χ2v) is 6.15. The van der Waals surface area contributed by atoms with Crippen LogP contribution in [0.1, 0.15) is 46.6 Å². The van der Waals surface area contributed by atoms with Crippen molar-refractivity contribution in [3.8, 4) is 0 Å². The smallest absolute Gasteiger partial charge is 0.286 e. The lowest BCUT2D eigenvalue weighted by molar-refractivity contribution is 0.0934. The van der Waals surface area contributed by atoms with Crippen LogP contribution in [0.3, 0.4) is 0 Å². The van der Waals surface area contributed by atoms with Crippen LogP contribution in [-0.4, -0.2) is 36.1 Å². The van der Waals surface area contributed by atoms with Crippen LogP contribution < -0.4 is 16.4 Å². The summed E-state index contributed by atoms with van der Waals surface area (Å²) in [6.45, 7) is 0.771. The summed E-state index contributed by atoms with van der Waals surface area (Å²) in [7, 11) is 3.18. The third-order valence-electron chi connectivity index (χ3n) is 4.21. The average molecular weight is 418 g/mol. The third kappa shape index (κ3) is 5.80. The molecule has 1 amide bonds. The minimum Gasteiger partial charge on any atom is -0.454 e. The fourth-order valence-corrected chi connectivity index (χ4v) is 2.81. The van der Waals surface area contributed by atoms with E-state index < -0.39 is 0 Å². The summed E-state index contributed by atoms with van der Waals surface area (Å²) in [5.41, 5.74) is 6.87. The monoisotopic (exact) mass is 417 g/mol. The maximum absolute atomic E-state index is 11.5. The summed E-state index contributed by atoms with van der Waals surface area (Å²) in [6, 6.07) is 5.61. The van der Waals surface area contributed by atoms with Crippen molar-refractivity contribution >= 4 is 36.5 Å². The van der Waals surface area contributed by atoms with Crippen LogP contribution in [0.25, 0.3) is 0 Å². The standard InChI is InChI=1S/C17H23N5O3.2ClH/c1-19-17(23)14-4-3-12(25-14)8-20-15-7-13(10-5-11(18)6-10)21-16(22-15)9-24-2;;/h3-4,7,10-11H,5-6,8-9,18H2,1-2H3,(H,19,23)(H,20,21,22);2*1H. The minimum atomic E-state index is -0.251. The molecule has 0 saturated heterocycles. The van der Waals surface area contributed by atoms with E-state index in [0.29, 0.717) is 36.5 Å². The molecule has 0 atom stereocenters. The highest BCUT2D eigenvalue weighted by atomic mass is 35.5. The van der Waals surface area contributed by atoms with Crippen molar-refractivity contribution in [1.82, 2.24) is 15.3 Å². The molecule has 2 aromatic rings. The van der Waals surface area contributed by atoms with Crippen LogP contribution in [0.2, 0.25) is 0 Å². The van der Waals surface area contributed by atoms with Gasteiger partial charge in [0.2, 0.25) is 0 Å². The number of anilines is 1. The molecule has 8 nitrogen and oxygen atoms in total. The average Bonchev–Trinajstić information content (AvgIpc) is 3.05. The van der Waals surface area contributed by atoms with Gasteiger partial charge in [-0.1, -0.05) is 0 Å². The van der Waals surface area contributed by atoms with Gasteiger partial charge in [0.05, 0.1) is 6.54 Å². The molecule has 1 saturated carbocycles. The lowest BCUT2D eigenvalue weighted by Gasteiger charge is -2.32. The number of halogens is 2. The normalized spacial score (nSPS) is 17.9. The van der Waals surface area contributed by atoms with Crippen LogP contribution >= 0.6 is 24.8 Å². The molecular weight excluding hydrogens is 393 g/mol. The lowest BCUT2D eigenvalue weighted by atomic mass is 9.78. The number of carbonyl (C=O) groups is 1. The van der Waals surface area contributed by atoms with E-state index in [4.69, 9.17) is 14.9 Å². The van der Waals surface area contributed by atoms with E-state index in [1.165, 1.54) is 0 Å². The zero-order chi connectivity index (χ0) is 17.8. The predicted molar refractivity (Wildman–Crippen MR) is 107 cm³/mol.